The van der Waals surface area contributed by atoms with E-state index in [0.717, 1.165) is 24.3 Å². The molecule has 0 bridgehead atoms. The van der Waals surface area contributed by atoms with Crippen LogP contribution in [0.3, 0.4) is 0 Å². The number of phenols is 1. The van der Waals surface area contributed by atoms with Crippen molar-refractivity contribution in [1.82, 2.24) is 0 Å². The number of nitrogens with one attached hydrogen (secondary N) is 1. The van der Waals surface area contributed by atoms with Crippen LogP contribution in [0, 0.1) is 0 Å². The van der Waals surface area contributed by atoms with Crippen LogP contribution in [0.5, 0.6) is 5.75 Å². The van der Waals surface area contributed by atoms with Gasteiger partial charge < -0.3 is 10.8 Å². The van der Waals surface area contributed by atoms with E-state index in [0.29, 0.717) is 10.8 Å². The molecule has 0 atom stereocenters. The predicted molar refractivity (Wildman–Crippen MR) is 97.1 cm³/mol. The molecule has 3 aromatic rings. The van der Waals surface area contributed by atoms with Crippen molar-refractivity contribution >= 4 is 42.3 Å². The molecule has 10 heteroatoms. The van der Waals surface area contributed by atoms with Gasteiger partial charge in [0.15, 0.2) is 0 Å². The van der Waals surface area contributed by atoms with Gasteiger partial charge in [0, 0.05) is 11.1 Å². The molecule has 0 fully saturated rings. The van der Waals surface area contributed by atoms with Crippen LogP contribution in [0.2, 0.25) is 0 Å². The number of fused-ring (bicyclic) bond motifs is 1. The van der Waals surface area contributed by atoms with Gasteiger partial charge in [-0.3, -0.25) is 9.27 Å². The molecule has 0 saturated carbocycles. The number of aromatic hydroxyl groups is 1. The van der Waals surface area contributed by atoms with E-state index in [2.05, 4.69) is 4.72 Å². The van der Waals surface area contributed by atoms with Crippen molar-refractivity contribution in [2.45, 2.75) is 9.79 Å². The van der Waals surface area contributed by atoms with Crippen LogP contribution >= 0.6 is 0 Å². The van der Waals surface area contributed by atoms with E-state index in [-0.39, 0.29) is 22.0 Å². The molecule has 0 aromatic heterocycles. The summed E-state index contributed by atoms with van der Waals surface area (Å²) in [5.74, 6) is -0.0650. The highest BCUT2D eigenvalue weighted by molar-refractivity contribution is 7.92. The summed E-state index contributed by atoms with van der Waals surface area (Å²) in [6.45, 7) is 0. The first-order valence-corrected chi connectivity index (χ1v) is 10.1. The summed E-state index contributed by atoms with van der Waals surface area (Å²) < 4.78 is 58.2. The highest BCUT2D eigenvalue weighted by Crippen LogP contribution is 2.31. The summed E-state index contributed by atoms with van der Waals surface area (Å²) >= 11 is 0. The summed E-state index contributed by atoms with van der Waals surface area (Å²) in [6, 6.07) is 11.7. The molecule has 0 amide bonds. The molecule has 3 aromatic carbocycles. The van der Waals surface area contributed by atoms with Crippen LogP contribution in [-0.2, 0) is 20.1 Å². The Labute approximate surface area is 149 Å². The van der Waals surface area contributed by atoms with E-state index in [4.69, 9.17) is 10.3 Å². The van der Waals surface area contributed by atoms with Gasteiger partial charge in [0.2, 0.25) is 0 Å². The average molecular weight is 394 g/mol. The molecule has 136 valence electrons. The fraction of sp³-hybridized carbons (Fsp3) is 0. The second kappa shape index (κ2) is 6.16. The van der Waals surface area contributed by atoms with E-state index >= 15 is 0 Å². The molecule has 26 heavy (non-hydrogen) atoms. The number of benzene rings is 3. The van der Waals surface area contributed by atoms with Crippen LogP contribution in [0.15, 0.2) is 64.4 Å². The number of anilines is 2. The zero-order valence-corrected chi connectivity index (χ0v) is 14.8. The van der Waals surface area contributed by atoms with E-state index < -0.39 is 25.0 Å². The minimum absolute atomic E-state index is 0.0650. The number of phenolic OH excluding ortho intramolecular Hbond substituents is 1. The highest BCUT2D eigenvalue weighted by Gasteiger charge is 2.17. The lowest BCUT2D eigenvalue weighted by molar-refractivity contribution is 0.478. The van der Waals surface area contributed by atoms with Crippen molar-refractivity contribution in [3.05, 3.63) is 54.6 Å². The van der Waals surface area contributed by atoms with Crippen molar-refractivity contribution in [2.24, 2.45) is 0 Å². The van der Waals surface area contributed by atoms with Gasteiger partial charge in [-0.2, -0.15) is 8.42 Å². The Morgan fingerprint density at radius 1 is 0.846 bits per heavy atom. The zero-order valence-electron chi connectivity index (χ0n) is 13.1. The van der Waals surface area contributed by atoms with Crippen LogP contribution < -0.4 is 10.5 Å². The maximum atomic E-state index is 12.4. The fourth-order valence-corrected chi connectivity index (χ4v) is 3.94. The molecular formula is C16H14N2O6S2. The lowest BCUT2D eigenvalue weighted by Crippen LogP contribution is -2.13. The first kappa shape index (κ1) is 18.0. The average Bonchev–Trinajstić information content (AvgIpc) is 2.57. The van der Waals surface area contributed by atoms with Gasteiger partial charge in [-0.1, -0.05) is 12.1 Å². The number of nitrogen functional groups attached to an aromatic ring is 1. The third-order valence-corrected chi connectivity index (χ3v) is 5.99. The van der Waals surface area contributed by atoms with Crippen molar-refractivity contribution < 1.29 is 26.5 Å². The Morgan fingerprint density at radius 2 is 1.46 bits per heavy atom. The second-order valence-electron chi connectivity index (χ2n) is 5.49. The van der Waals surface area contributed by atoms with E-state index in [1.54, 1.807) is 18.2 Å². The number of hydrogen-bond donors (Lipinski definition) is 4. The quantitative estimate of drug-likeness (QED) is 0.301. The zero-order chi connectivity index (χ0) is 19.1. The van der Waals surface area contributed by atoms with E-state index in [9.17, 15) is 21.9 Å². The fourth-order valence-electron chi connectivity index (χ4n) is 2.41. The summed E-state index contributed by atoms with van der Waals surface area (Å²) in [5.41, 5.74) is 6.24. The molecule has 0 aliphatic heterocycles. The minimum atomic E-state index is -4.40. The Morgan fingerprint density at radius 3 is 2.08 bits per heavy atom. The number of nitrogens with two attached hydrogens (primary N) is 1. The topological polar surface area (TPSA) is 147 Å². The van der Waals surface area contributed by atoms with Gasteiger partial charge in [0.1, 0.15) is 5.75 Å². The largest absolute Gasteiger partial charge is 0.506 e. The number of rotatable bonds is 4. The Kier molecular flexibility index (Phi) is 4.26. The van der Waals surface area contributed by atoms with Crippen LogP contribution in [0.1, 0.15) is 0 Å². The van der Waals surface area contributed by atoms with Crippen molar-refractivity contribution in [2.75, 3.05) is 10.5 Å². The number of sulfonamides is 1. The molecule has 0 heterocycles. The van der Waals surface area contributed by atoms with Crippen LogP contribution in [-0.4, -0.2) is 26.5 Å². The molecule has 8 nitrogen and oxygen atoms in total. The van der Waals surface area contributed by atoms with Crippen LogP contribution in [0.25, 0.3) is 10.8 Å². The highest BCUT2D eigenvalue weighted by atomic mass is 32.2. The van der Waals surface area contributed by atoms with Crippen molar-refractivity contribution in [3.63, 3.8) is 0 Å². The molecular weight excluding hydrogens is 380 g/mol. The van der Waals surface area contributed by atoms with Crippen molar-refractivity contribution in [1.29, 1.82) is 0 Å². The van der Waals surface area contributed by atoms with Gasteiger partial charge >= 0.3 is 0 Å². The predicted octanol–water partition coefficient (Wildman–Crippen LogP) is 2.18. The van der Waals surface area contributed by atoms with Gasteiger partial charge in [0.25, 0.3) is 20.1 Å². The molecule has 0 aliphatic rings. The summed E-state index contributed by atoms with van der Waals surface area (Å²) in [4.78, 5) is -0.576. The summed E-state index contributed by atoms with van der Waals surface area (Å²) in [7, 11) is -8.37. The molecule has 0 spiro atoms. The monoisotopic (exact) mass is 394 g/mol. The van der Waals surface area contributed by atoms with Gasteiger partial charge in [-0.25, -0.2) is 8.42 Å². The smallest absolute Gasteiger partial charge is 0.294 e. The lowest BCUT2D eigenvalue weighted by atomic mass is 10.1. The first-order valence-electron chi connectivity index (χ1n) is 7.19. The molecule has 3 rings (SSSR count). The molecule has 0 aliphatic carbocycles. The Balaban J connectivity index is 1.94. The Bertz CT molecular complexity index is 1200. The first-order chi connectivity index (χ1) is 12.1. The third kappa shape index (κ3) is 3.43. The number of hydrogen-bond acceptors (Lipinski definition) is 6. The van der Waals surface area contributed by atoms with Crippen molar-refractivity contribution in [3.8, 4) is 5.75 Å². The lowest BCUT2D eigenvalue weighted by Gasteiger charge is -2.10. The maximum Gasteiger partial charge on any atom is 0.294 e. The Hall–Kier alpha value is -2.82. The van der Waals surface area contributed by atoms with Gasteiger partial charge in [0.05, 0.1) is 15.5 Å². The maximum absolute atomic E-state index is 12.4. The van der Waals surface area contributed by atoms with Crippen LogP contribution in [0.4, 0.5) is 11.4 Å². The normalized spacial score (nSPS) is 12.2. The van der Waals surface area contributed by atoms with Gasteiger partial charge in [-0.15, -0.1) is 0 Å². The second-order valence-corrected chi connectivity index (χ2v) is 8.59. The van der Waals surface area contributed by atoms with E-state index in [1.807, 2.05) is 0 Å². The van der Waals surface area contributed by atoms with Gasteiger partial charge in [-0.05, 0) is 47.9 Å². The summed E-state index contributed by atoms with van der Waals surface area (Å²) in [6.07, 6.45) is 0. The molecule has 5 N–H and O–H groups in total. The molecule has 0 saturated heterocycles. The molecule has 0 radical (unpaired) electrons. The SMILES string of the molecule is Nc1c(O)ccc2cc(NS(=O)(=O)c3ccc(S(=O)(=O)O)cc3)ccc12. The third-order valence-electron chi connectivity index (χ3n) is 3.72. The minimum Gasteiger partial charge on any atom is -0.506 e. The summed E-state index contributed by atoms with van der Waals surface area (Å²) in [5, 5.41) is 10.8. The molecule has 0 unspecified atom stereocenters. The standard InChI is InChI=1S/C16H14N2O6S2/c17-16-14-7-2-11(9-10(14)1-8-15(16)19)18-25(20,21)12-3-5-13(6-4-12)26(22,23)24/h1-9,18-19H,17H2,(H,22,23,24). The van der Waals surface area contributed by atoms with E-state index in [1.165, 1.54) is 12.1 Å².